The van der Waals surface area contributed by atoms with E-state index in [4.69, 9.17) is 11.6 Å². The third-order valence-corrected chi connectivity index (χ3v) is 3.92. The second-order valence-electron chi connectivity index (χ2n) is 5.19. The van der Waals surface area contributed by atoms with Gasteiger partial charge >= 0.3 is 0 Å². The summed E-state index contributed by atoms with van der Waals surface area (Å²) in [5.74, 6) is -0.263. The Balaban J connectivity index is 1.88. The molecule has 0 aliphatic heterocycles. The Kier molecular flexibility index (Phi) is 3.89. The number of nitrogens with zero attached hydrogens (tertiary/aromatic N) is 1. The van der Waals surface area contributed by atoms with Crippen molar-refractivity contribution in [1.29, 1.82) is 0 Å². The molecule has 1 heterocycles. The zero-order valence-electron chi connectivity index (χ0n) is 11.7. The monoisotopic (exact) mass is 299 g/mol. The fourth-order valence-corrected chi connectivity index (χ4v) is 2.74. The van der Waals surface area contributed by atoms with Crippen LogP contribution in [0.3, 0.4) is 0 Å². The molecule has 1 unspecified atom stereocenters. The van der Waals surface area contributed by atoms with E-state index in [0.29, 0.717) is 12.0 Å². The number of rotatable bonds is 3. The van der Waals surface area contributed by atoms with Crippen LogP contribution in [-0.4, -0.2) is 4.98 Å². The summed E-state index contributed by atoms with van der Waals surface area (Å²) in [6.45, 7) is 1.93. The molecular formula is C18H15ClFN. The number of alkyl halides is 1. The number of hydrogen-bond donors (Lipinski definition) is 0. The summed E-state index contributed by atoms with van der Waals surface area (Å²) in [5, 5.41) is 0.674. The van der Waals surface area contributed by atoms with Gasteiger partial charge in [-0.15, -0.1) is 11.6 Å². The van der Waals surface area contributed by atoms with Gasteiger partial charge in [0.2, 0.25) is 0 Å². The largest absolute Gasteiger partial charge is 0.253 e. The van der Waals surface area contributed by atoms with Gasteiger partial charge in [0, 0.05) is 23.1 Å². The normalized spacial score (nSPS) is 12.5. The highest BCUT2D eigenvalue weighted by Gasteiger charge is 2.14. The van der Waals surface area contributed by atoms with E-state index in [-0.39, 0.29) is 5.82 Å². The predicted molar refractivity (Wildman–Crippen MR) is 85.2 cm³/mol. The molecule has 2 aromatic carbocycles. The van der Waals surface area contributed by atoms with Gasteiger partial charge in [-0.05, 0) is 25.1 Å². The number of para-hydroxylation sites is 1. The highest BCUT2D eigenvalue weighted by Crippen LogP contribution is 2.28. The lowest BCUT2D eigenvalue weighted by Crippen LogP contribution is -2.01. The van der Waals surface area contributed by atoms with Crippen molar-refractivity contribution in [3.05, 3.63) is 77.2 Å². The van der Waals surface area contributed by atoms with Crippen LogP contribution in [0.15, 0.2) is 54.6 Å². The Morgan fingerprint density at radius 3 is 2.76 bits per heavy atom. The first-order chi connectivity index (χ1) is 10.1. The summed E-state index contributed by atoms with van der Waals surface area (Å²) in [5.41, 5.74) is 3.34. The molecule has 0 radical (unpaired) electrons. The first-order valence-corrected chi connectivity index (χ1v) is 7.32. The minimum atomic E-state index is -0.418. The number of halogens is 2. The molecule has 1 atom stereocenters. The van der Waals surface area contributed by atoms with Crippen LogP contribution in [-0.2, 0) is 6.42 Å². The van der Waals surface area contributed by atoms with Crippen LogP contribution in [0.2, 0.25) is 0 Å². The number of fused-ring (bicyclic) bond motifs is 1. The minimum Gasteiger partial charge on any atom is -0.253 e. The van der Waals surface area contributed by atoms with Crippen molar-refractivity contribution in [2.75, 3.05) is 0 Å². The van der Waals surface area contributed by atoms with Crippen LogP contribution in [0.5, 0.6) is 0 Å². The van der Waals surface area contributed by atoms with E-state index in [1.807, 2.05) is 43.3 Å². The SMILES string of the molecule is Cc1ccc(F)c(C(Cl)Cc2ccc3ccccc3n2)c1. The van der Waals surface area contributed by atoms with Crippen molar-refractivity contribution in [1.82, 2.24) is 4.98 Å². The summed E-state index contributed by atoms with van der Waals surface area (Å²) in [6.07, 6.45) is 0.507. The fraction of sp³-hybridized carbons (Fsp3) is 0.167. The molecule has 0 saturated heterocycles. The van der Waals surface area contributed by atoms with Crippen LogP contribution in [0.25, 0.3) is 10.9 Å². The smallest absolute Gasteiger partial charge is 0.127 e. The quantitative estimate of drug-likeness (QED) is 0.605. The lowest BCUT2D eigenvalue weighted by molar-refractivity contribution is 0.604. The van der Waals surface area contributed by atoms with Crippen molar-refractivity contribution < 1.29 is 4.39 Å². The van der Waals surface area contributed by atoms with E-state index in [1.54, 1.807) is 12.1 Å². The van der Waals surface area contributed by atoms with Crippen LogP contribution in [0.4, 0.5) is 4.39 Å². The Bertz CT molecular complexity index is 785. The molecule has 0 spiro atoms. The van der Waals surface area contributed by atoms with Crippen LogP contribution >= 0.6 is 11.6 Å². The van der Waals surface area contributed by atoms with Gasteiger partial charge in [0.05, 0.1) is 10.9 Å². The van der Waals surface area contributed by atoms with E-state index in [2.05, 4.69) is 4.98 Å². The third-order valence-electron chi connectivity index (χ3n) is 3.53. The third kappa shape index (κ3) is 3.06. The molecule has 3 aromatic rings. The molecule has 0 aliphatic carbocycles. The van der Waals surface area contributed by atoms with Gasteiger partial charge in [0.1, 0.15) is 5.82 Å². The van der Waals surface area contributed by atoms with Crippen molar-refractivity contribution in [2.45, 2.75) is 18.7 Å². The van der Waals surface area contributed by atoms with E-state index in [0.717, 1.165) is 22.2 Å². The van der Waals surface area contributed by atoms with E-state index < -0.39 is 5.38 Å². The molecule has 0 aliphatic rings. The first kappa shape index (κ1) is 14.0. The Morgan fingerprint density at radius 1 is 1.10 bits per heavy atom. The average Bonchev–Trinajstić information content (AvgIpc) is 2.49. The number of hydrogen-bond acceptors (Lipinski definition) is 1. The van der Waals surface area contributed by atoms with Crippen molar-refractivity contribution in [3.63, 3.8) is 0 Å². The van der Waals surface area contributed by atoms with Crippen LogP contribution in [0.1, 0.15) is 22.2 Å². The van der Waals surface area contributed by atoms with E-state index in [9.17, 15) is 4.39 Å². The summed E-state index contributed by atoms with van der Waals surface area (Å²) in [6, 6.07) is 16.9. The summed E-state index contributed by atoms with van der Waals surface area (Å²) in [7, 11) is 0. The second kappa shape index (κ2) is 5.82. The van der Waals surface area contributed by atoms with Crippen molar-refractivity contribution in [2.24, 2.45) is 0 Å². The van der Waals surface area contributed by atoms with E-state index >= 15 is 0 Å². The molecule has 1 nitrogen and oxygen atoms in total. The second-order valence-corrected chi connectivity index (χ2v) is 5.72. The molecule has 0 N–H and O–H groups in total. The number of pyridine rings is 1. The molecule has 106 valence electrons. The van der Waals surface area contributed by atoms with Crippen LogP contribution in [0, 0.1) is 12.7 Å². The lowest BCUT2D eigenvalue weighted by atomic mass is 10.0. The van der Waals surface area contributed by atoms with Gasteiger partial charge in [0.15, 0.2) is 0 Å². The molecule has 3 heteroatoms. The highest BCUT2D eigenvalue weighted by molar-refractivity contribution is 6.20. The van der Waals surface area contributed by atoms with Crippen molar-refractivity contribution in [3.8, 4) is 0 Å². The van der Waals surface area contributed by atoms with Crippen LogP contribution < -0.4 is 0 Å². The molecule has 0 bridgehead atoms. The maximum Gasteiger partial charge on any atom is 0.127 e. The minimum absolute atomic E-state index is 0.263. The van der Waals surface area contributed by atoms with Gasteiger partial charge in [-0.25, -0.2) is 4.39 Å². The van der Waals surface area contributed by atoms with Gasteiger partial charge in [0.25, 0.3) is 0 Å². The predicted octanol–water partition coefficient (Wildman–Crippen LogP) is 5.20. The maximum atomic E-state index is 13.9. The lowest BCUT2D eigenvalue weighted by Gasteiger charge is -2.12. The number of aromatic nitrogens is 1. The molecule has 1 aromatic heterocycles. The molecule has 0 amide bonds. The molecular weight excluding hydrogens is 285 g/mol. The fourth-order valence-electron chi connectivity index (χ4n) is 2.42. The topological polar surface area (TPSA) is 12.9 Å². The Morgan fingerprint density at radius 2 is 1.90 bits per heavy atom. The zero-order chi connectivity index (χ0) is 14.8. The highest BCUT2D eigenvalue weighted by atomic mass is 35.5. The maximum absolute atomic E-state index is 13.9. The van der Waals surface area contributed by atoms with Crippen molar-refractivity contribution >= 4 is 22.5 Å². The van der Waals surface area contributed by atoms with Gasteiger partial charge in [-0.3, -0.25) is 4.98 Å². The Labute approximate surface area is 128 Å². The first-order valence-electron chi connectivity index (χ1n) is 6.88. The number of benzene rings is 2. The summed E-state index contributed by atoms with van der Waals surface area (Å²) < 4.78 is 13.9. The molecule has 0 fully saturated rings. The molecule has 0 saturated carbocycles. The summed E-state index contributed by atoms with van der Waals surface area (Å²) in [4.78, 5) is 4.59. The number of aryl methyl sites for hydroxylation is 1. The van der Waals surface area contributed by atoms with Gasteiger partial charge in [-0.1, -0.05) is 42.0 Å². The zero-order valence-corrected chi connectivity index (χ0v) is 12.4. The molecule has 3 rings (SSSR count). The van der Waals surface area contributed by atoms with E-state index in [1.165, 1.54) is 6.07 Å². The van der Waals surface area contributed by atoms with Gasteiger partial charge in [-0.2, -0.15) is 0 Å². The molecule has 21 heavy (non-hydrogen) atoms. The summed E-state index contributed by atoms with van der Waals surface area (Å²) >= 11 is 6.39. The Hall–Kier alpha value is -1.93. The average molecular weight is 300 g/mol. The van der Waals surface area contributed by atoms with Gasteiger partial charge < -0.3 is 0 Å². The standard InChI is InChI=1S/C18H15ClFN/c1-12-6-9-17(20)15(10-12)16(19)11-14-8-7-13-4-2-3-5-18(13)21-14/h2-10,16H,11H2,1H3.